The molecule has 2 rings (SSSR count). The molecule has 4 nitrogen and oxygen atoms in total. The molecule has 1 fully saturated rings. The molecule has 1 heterocycles. The maximum absolute atomic E-state index is 10.5. The van der Waals surface area contributed by atoms with Gasteiger partial charge in [-0.05, 0) is 18.9 Å². The lowest BCUT2D eigenvalue weighted by molar-refractivity contribution is 0.0255. The summed E-state index contributed by atoms with van der Waals surface area (Å²) < 4.78 is 1.90. The molecule has 0 atom stereocenters. The molecule has 18 heavy (non-hydrogen) atoms. The molecule has 1 aliphatic carbocycles. The zero-order valence-corrected chi connectivity index (χ0v) is 11.4. The van der Waals surface area contributed by atoms with Crippen molar-refractivity contribution in [3.8, 4) is 0 Å². The van der Waals surface area contributed by atoms with E-state index < -0.39 is 5.60 Å². The highest BCUT2D eigenvalue weighted by molar-refractivity contribution is 5.00. The number of rotatable bonds is 5. The Balaban J connectivity index is 1.69. The van der Waals surface area contributed by atoms with Gasteiger partial charge in [-0.1, -0.05) is 25.7 Å². The van der Waals surface area contributed by atoms with Gasteiger partial charge in [0, 0.05) is 38.4 Å². The molecule has 0 bridgehead atoms. The smallest absolute Gasteiger partial charge is 0.0771 e. The maximum Gasteiger partial charge on any atom is 0.0771 e. The van der Waals surface area contributed by atoms with Crippen molar-refractivity contribution < 1.29 is 5.11 Å². The quantitative estimate of drug-likeness (QED) is 0.618. The Morgan fingerprint density at radius 2 is 2.06 bits per heavy atom. The molecule has 1 aromatic rings. The zero-order chi connectivity index (χ0) is 12.8. The minimum atomic E-state index is -0.469. The van der Waals surface area contributed by atoms with Gasteiger partial charge in [0.25, 0.3) is 0 Å². The van der Waals surface area contributed by atoms with Crippen molar-refractivity contribution in [2.45, 2.75) is 50.5 Å². The normalized spacial score (nSPS) is 19.7. The number of hydrogen-bond acceptors (Lipinski definition) is 3. The maximum atomic E-state index is 10.5. The molecular formula is C14H25N3O. The first kappa shape index (κ1) is 13.6. The van der Waals surface area contributed by atoms with Crippen LogP contribution in [0.5, 0.6) is 0 Å². The highest BCUT2D eigenvalue weighted by atomic mass is 16.3. The summed E-state index contributed by atoms with van der Waals surface area (Å²) in [4.78, 5) is 0. The lowest BCUT2D eigenvalue weighted by Crippen LogP contribution is -2.40. The van der Waals surface area contributed by atoms with Crippen LogP contribution in [0.15, 0.2) is 12.3 Å². The van der Waals surface area contributed by atoms with Crippen LogP contribution in [0, 0.1) is 0 Å². The molecule has 0 amide bonds. The van der Waals surface area contributed by atoms with Gasteiger partial charge in [0.1, 0.15) is 0 Å². The van der Waals surface area contributed by atoms with E-state index in [2.05, 4.69) is 10.4 Å². The summed E-state index contributed by atoms with van der Waals surface area (Å²) in [6.45, 7) is 1.63. The fourth-order valence-electron chi connectivity index (χ4n) is 2.75. The SMILES string of the molecule is Cn1nccc1CCNCC1(O)CCCCCC1. The standard InChI is InChI=1S/C14H25N3O/c1-17-13(7-11-16-17)6-10-15-12-14(18)8-4-2-3-5-9-14/h7,11,15,18H,2-6,8-10,12H2,1H3. The third kappa shape index (κ3) is 3.82. The average molecular weight is 251 g/mol. The van der Waals surface area contributed by atoms with Crippen LogP contribution in [0.1, 0.15) is 44.2 Å². The summed E-state index contributed by atoms with van der Waals surface area (Å²) in [5.41, 5.74) is 0.763. The average Bonchev–Trinajstić information content (AvgIpc) is 2.62. The van der Waals surface area contributed by atoms with Crippen LogP contribution in [0.2, 0.25) is 0 Å². The second kappa shape index (κ2) is 6.34. The molecule has 1 aromatic heterocycles. The molecule has 0 radical (unpaired) electrons. The van der Waals surface area contributed by atoms with E-state index in [0.29, 0.717) is 0 Å². The van der Waals surface area contributed by atoms with Crippen molar-refractivity contribution in [3.63, 3.8) is 0 Å². The molecule has 0 spiro atoms. The lowest BCUT2D eigenvalue weighted by atomic mass is 9.94. The van der Waals surface area contributed by atoms with Crippen molar-refractivity contribution >= 4 is 0 Å². The summed E-state index contributed by atoms with van der Waals surface area (Å²) in [5.74, 6) is 0. The summed E-state index contributed by atoms with van der Waals surface area (Å²) in [6.07, 6.45) is 9.58. The monoisotopic (exact) mass is 251 g/mol. The van der Waals surface area contributed by atoms with E-state index in [-0.39, 0.29) is 0 Å². The number of nitrogens with one attached hydrogen (secondary N) is 1. The van der Waals surface area contributed by atoms with E-state index in [0.717, 1.165) is 32.4 Å². The van der Waals surface area contributed by atoms with Crippen molar-refractivity contribution in [1.29, 1.82) is 0 Å². The summed E-state index contributed by atoms with van der Waals surface area (Å²) >= 11 is 0. The second-order valence-electron chi connectivity index (χ2n) is 5.51. The Bertz CT molecular complexity index is 354. The molecule has 0 aliphatic heterocycles. The van der Waals surface area contributed by atoms with E-state index >= 15 is 0 Å². The summed E-state index contributed by atoms with van der Waals surface area (Å²) in [7, 11) is 1.97. The highest BCUT2D eigenvalue weighted by Crippen LogP contribution is 2.26. The number of aryl methyl sites for hydroxylation is 1. The van der Waals surface area contributed by atoms with Crippen LogP contribution in [-0.2, 0) is 13.5 Å². The Morgan fingerprint density at radius 3 is 2.67 bits per heavy atom. The molecule has 4 heteroatoms. The Kier molecular flexibility index (Phi) is 4.78. The fraction of sp³-hybridized carbons (Fsp3) is 0.786. The van der Waals surface area contributed by atoms with Crippen LogP contribution in [-0.4, -0.2) is 33.6 Å². The van der Waals surface area contributed by atoms with E-state index in [4.69, 9.17) is 0 Å². The van der Waals surface area contributed by atoms with Gasteiger partial charge in [-0.15, -0.1) is 0 Å². The third-order valence-electron chi connectivity index (χ3n) is 3.97. The lowest BCUT2D eigenvalue weighted by Gasteiger charge is -2.27. The van der Waals surface area contributed by atoms with Gasteiger partial charge >= 0.3 is 0 Å². The van der Waals surface area contributed by atoms with Crippen molar-refractivity contribution in [1.82, 2.24) is 15.1 Å². The first-order chi connectivity index (χ1) is 8.70. The number of nitrogens with zero attached hydrogens (tertiary/aromatic N) is 2. The van der Waals surface area contributed by atoms with Crippen LogP contribution in [0.25, 0.3) is 0 Å². The first-order valence-corrected chi connectivity index (χ1v) is 7.10. The molecule has 102 valence electrons. The Hall–Kier alpha value is -0.870. The summed E-state index contributed by atoms with van der Waals surface area (Å²) in [5, 5.41) is 18.0. The van der Waals surface area contributed by atoms with Gasteiger partial charge in [-0.2, -0.15) is 5.10 Å². The van der Waals surface area contributed by atoms with Crippen molar-refractivity contribution in [2.24, 2.45) is 7.05 Å². The van der Waals surface area contributed by atoms with E-state index in [1.54, 1.807) is 0 Å². The van der Waals surface area contributed by atoms with Crippen LogP contribution >= 0.6 is 0 Å². The minimum absolute atomic E-state index is 0.469. The zero-order valence-electron chi connectivity index (χ0n) is 11.4. The highest BCUT2D eigenvalue weighted by Gasteiger charge is 2.27. The van der Waals surface area contributed by atoms with Gasteiger partial charge in [0.05, 0.1) is 5.60 Å². The first-order valence-electron chi connectivity index (χ1n) is 7.10. The predicted octanol–water partition coefficient (Wildman–Crippen LogP) is 1.64. The van der Waals surface area contributed by atoms with Crippen molar-refractivity contribution in [3.05, 3.63) is 18.0 Å². The van der Waals surface area contributed by atoms with E-state index in [1.165, 1.54) is 31.4 Å². The molecule has 1 aliphatic rings. The fourth-order valence-corrected chi connectivity index (χ4v) is 2.75. The molecular weight excluding hydrogens is 226 g/mol. The topological polar surface area (TPSA) is 50.1 Å². The van der Waals surface area contributed by atoms with E-state index in [1.807, 2.05) is 24.0 Å². The van der Waals surface area contributed by atoms with Gasteiger partial charge < -0.3 is 10.4 Å². The number of hydrogen-bond donors (Lipinski definition) is 2. The molecule has 2 N–H and O–H groups in total. The van der Waals surface area contributed by atoms with Gasteiger partial charge in [-0.3, -0.25) is 4.68 Å². The second-order valence-corrected chi connectivity index (χ2v) is 5.51. The summed E-state index contributed by atoms with van der Waals surface area (Å²) in [6, 6.07) is 2.04. The Labute approximate surface area is 109 Å². The molecule has 1 saturated carbocycles. The third-order valence-corrected chi connectivity index (χ3v) is 3.97. The molecule has 0 saturated heterocycles. The van der Waals surface area contributed by atoms with Gasteiger partial charge in [0.2, 0.25) is 0 Å². The van der Waals surface area contributed by atoms with E-state index in [9.17, 15) is 5.11 Å². The number of aromatic nitrogens is 2. The van der Waals surface area contributed by atoms with Gasteiger partial charge in [-0.25, -0.2) is 0 Å². The van der Waals surface area contributed by atoms with Crippen LogP contribution < -0.4 is 5.32 Å². The Morgan fingerprint density at radius 1 is 1.33 bits per heavy atom. The predicted molar refractivity (Wildman–Crippen MR) is 72.4 cm³/mol. The van der Waals surface area contributed by atoms with Gasteiger partial charge in [0.15, 0.2) is 0 Å². The minimum Gasteiger partial charge on any atom is -0.389 e. The molecule has 0 aromatic carbocycles. The molecule has 0 unspecified atom stereocenters. The van der Waals surface area contributed by atoms with Crippen LogP contribution in [0.4, 0.5) is 0 Å². The van der Waals surface area contributed by atoms with Crippen molar-refractivity contribution in [2.75, 3.05) is 13.1 Å². The van der Waals surface area contributed by atoms with Crippen LogP contribution in [0.3, 0.4) is 0 Å². The number of aliphatic hydroxyl groups is 1. The largest absolute Gasteiger partial charge is 0.389 e.